The molecular formula is C13H20N2O. The van der Waals surface area contributed by atoms with Gasteiger partial charge in [-0.05, 0) is 37.0 Å². The molecule has 3 heteroatoms. The molecule has 3 nitrogen and oxygen atoms in total. The molecule has 0 spiro atoms. The van der Waals surface area contributed by atoms with Crippen molar-refractivity contribution in [1.82, 2.24) is 5.32 Å². The molecule has 16 heavy (non-hydrogen) atoms. The van der Waals surface area contributed by atoms with E-state index in [9.17, 15) is 0 Å². The fourth-order valence-electron chi connectivity index (χ4n) is 2.07. The van der Waals surface area contributed by atoms with E-state index in [0.717, 1.165) is 25.1 Å². The molecule has 0 bridgehead atoms. The second kappa shape index (κ2) is 4.85. The number of methoxy groups -OCH3 is 1. The summed E-state index contributed by atoms with van der Waals surface area (Å²) in [5.41, 5.74) is 9.23. The molecule has 0 unspecified atom stereocenters. The third kappa shape index (κ3) is 2.36. The number of hydrogen-bond donors (Lipinski definition) is 2. The van der Waals surface area contributed by atoms with Gasteiger partial charge in [0.25, 0.3) is 0 Å². The van der Waals surface area contributed by atoms with Crippen molar-refractivity contribution in [3.63, 3.8) is 0 Å². The molecule has 0 heterocycles. The first-order valence-corrected chi connectivity index (χ1v) is 5.81. The standard InChI is InChI=1S/C13H20N2O/c1-9-10(4-3-5-13(9)14)8-15-11-6-12(7-11)16-2/h3-5,11-12,15H,6-8,14H2,1-2H3. The van der Waals surface area contributed by atoms with E-state index in [1.807, 2.05) is 12.1 Å². The minimum Gasteiger partial charge on any atom is -0.399 e. The van der Waals surface area contributed by atoms with Gasteiger partial charge in [-0.15, -0.1) is 0 Å². The van der Waals surface area contributed by atoms with Crippen LogP contribution in [0.25, 0.3) is 0 Å². The monoisotopic (exact) mass is 220 g/mol. The molecule has 1 aliphatic carbocycles. The summed E-state index contributed by atoms with van der Waals surface area (Å²) < 4.78 is 5.25. The highest BCUT2D eigenvalue weighted by Crippen LogP contribution is 2.23. The van der Waals surface area contributed by atoms with E-state index in [2.05, 4.69) is 18.3 Å². The van der Waals surface area contributed by atoms with Gasteiger partial charge in [0, 0.05) is 25.4 Å². The van der Waals surface area contributed by atoms with Crippen molar-refractivity contribution in [1.29, 1.82) is 0 Å². The smallest absolute Gasteiger partial charge is 0.0601 e. The molecule has 0 amide bonds. The van der Waals surface area contributed by atoms with Gasteiger partial charge in [-0.2, -0.15) is 0 Å². The van der Waals surface area contributed by atoms with Crippen LogP contribution in [0.15, 0.2) is 18.2 Å². The van der Waals surface area contributed by atoms with E-state index in [0.29, 0.717) is 12.1 Å². The van der Waals surface area contributed by atoms with Crippen LogP contribution < -0.4 is 11.1 Å². The summed E-state index contributed by atoms with van der Waals surface area (Å²) in [5, 5.41) is 3.53. The van der Waals surface area contributed by atoms with E-state index in [1.165, 1.54) is 11.1 Å². The van der Waals surface area contributed by atoms with Crippen LogP contribution in [0.4, 0.5) is 5.69 Å². The zero-order valence-corrected chi connectivity index (χ0v) is 9.99. The average Bonchev–Trinajstić information content (AvgIpc) is 2.22. The first kappa shape index (κ1) is 11.4. The van der Waals surface area contributed by atoms with Gasteiger partial charge in [-0.1, -0.05) is 12.1 Å². The number of benzene rings is 1. The van der Waals surface area contributed by atoms with Crippen LogP contribution in [0.2, 0.25) is 0 Å². The Morgan fingerprint density at radius 2 is 2.19 bits per heavy atom. The maximum Gasteiger partial charge on any atom is 0.0601 e. The molecule has 1 aliphatic rings. The van der Waals surface area contributed by atoms with Crippen molar-refractivity contribution in [3.8, 4) is 0 Å². The Kier molecular flexibility index (Phi) is 3.46. The van der Waals surface area contributed by atoms with Crippen molar-refractivity contribution >= 4 is 5.69 Å². The van der Waals surface area contributed by atoms with Crippen LogP contribution in [0, 0.1) is 6.92 Å². The van der Waals surface area contributed by atoms with Gasteiger partial charge < -0.3 is 15.8 Å². The lowest BCUT2D eigenvalue weighted by atomic mass is 9.89. The lowest BCUT2D eigenvalue weighted by Gasteiger charge is -2.35. The largest absolute Gasteiger partial charge is 0.399 e. The van der Waals surface area contributed by atoms with Crippen molar-refractivity contribution in [2.75, 3.05) is 12.8 Å². The molecule has 1 aromatic rings. The Morgan fingerprint density at radius 3 is 2.88 bits per heavy atom. The highest BCUT2D eigenvalue weighted by atomic mass is 16.5. The lowest BCUT2D eigenvalue weighted by Crippen LogP contribution is -2.44. The summed E-state index contributed by atoms with van der Waals surface area (Å²) in [4.78, 5) is 0. The summed E-state index contributed by atoms with van der Waals surface area (Å²) in [6.07, 6.45) is 2.70. The topological polar surface area (TPSA) is 47.3 Å². The quantitative estimate of drug-likeness (QED) is 0.761. The lowest BCUT2D eigenvalue weighted by molar-refractivity contribution is 0.0170. The van der Waals surface area contributed by atoms with Crippen LogP contribution in [0.3, 0.4) is 0 Å². The second-order valence-electron chi connectivity index (χ2n) is 4.54. The summed E-state index contributed by atoms with van der Waals surface area (Å²) in [7, 11) is 1.78. The zero-order valence-electron chi connectivity index (χ0n) is 9.99. The number of rotatable bonds is 4. The molecule has 88 valence electrons. The molecule has 2 rings (SSSR count). The van der Waals surface area contributed by atoms with Gasteiger partial charge in [-0.3, -0.25) is 0 Å². The van der Waals surface area contributed by atoms with Gasteiger partial charge in [0.15, 0.2) is 0 Å². The minimum atomic E-state index is 0.458. The number of hydrogen-bond acceptors (Lipinski definition) is 3. The SMILES string of the molecule is COC1CC(NCc2cccc(N)c2C)C1. The van der Waals surface area contributed by atoms with Gasteiger partial charge in [-0.25, -0.2) is 0 Å². The predicted octanol–water partition coefficient (Wildman–Crippen LogP) is 1.84. The van der Waals surface area contributed by atoms with Gasteiger partial charge in [0.05, 0.1) is 6.10 Å². The van der Waals surface area contributed by atoms with Crippen LogP contribution >= 0.6 is 0 Å². The van der Waals surface area contributed by atoms with Gasteiger partial charge in [0.2, 0.25) is 0 Å². The molecule has 0 radical (unpaired) electrons. The second-order valence-corrected chi connectivity index (χ2v) is 4.54. The number of ether oxygens (including phenoxy) is 1. The van der Waals surface area contributed by atoms with E-state index in [4.69, 9.17) is 10.5 Å². The van der Waals surface area contributed by atoms with E-state index in [-0.39, 0.29) is 0 Å². The van der Waals surface area contributed by atoms with E-state index < -0.39 is 0 Å². The summed E-state index contributed by atoms with van der Waals surface area (Å²) in [6, 6.07) is 6.69. The Hall–Kier alpha value is -1.06. The number of nitrogen functional groups attached to an aromatic ring is 1. The number of nitrogens with one attached hydrogen (secondary N) is 1. The first-order valence-electron chi connectivity index (χ1n) is 5.81. The molecule has 3 N–H and O–H groups in total. The number of nitrogens with two attached hydrogens (primary N) is 1. The molecule has 0 atom stereocenters. The number of anilines is 1. The molecule has 1 aromatic carbocycles. The zero-order chi connectivity index (χ0) is 11.5. The summed E-state index contributed by atoms with van der Waals surface area (Å²) in [6.45, 7) is 2.98. The summed E-state index contributed by atoms with van der Waals surface area (Å²) >= 11 is 0. The molecule has 0 saturated heterocycles. The fraction of sp³-hybridized carbons (Fsp3) is 0.538. The van der Waals surface area contributed by atoms with Crippen molar-refractivity contribution in [3.05, 3.63) is 29.3 Å². The molecule has 1 saturated carbocycles. The van der Waals surface area contributed by atoms with Crippen LogP contribution in [0.5, 0.6) is 0 Å². The minimum absolute atomic E-state index is 0.458. The highest BCUT2D eigenvalue weighted by molar-refractivity contribution is 5.49. The third-order valence-corrected chi connectivity index (χ3v) is 3.50. The Bertz CT molecular complexity index is 359. The van der Waals surface area contributed by atoms with Gasteiger partial charge in [0.1, 0.15) is 0 Å². The van der Waals surface area contributed by atoms with E-state index >= 15 is 0 Å². The van der Waals surface area contributed by atoms with Crippen LogP contribution in [0.1, 0.15) is 24.0 Å². The maximum absolute atomic E-state index is 5.87. The Balaban J connectivity index is 1.84. The Labute approximate surface area is 97.0 Å². The summed E-state index contributed by atoms with van der Waals surface area (Å²) in [5.74, 6) is 0. The van der Waals surface area contributed by atoms with E-state index in [1.54, 1.807) is 7.11 Å². The highest BCUT2D eigenvalue weighted by Gasteiger charge is 2.28. The van der Waals surface area contributed by atoms with Gasteiger partial charge >= 0.3 is 0 Å². The van der Waals surface area contributed by atoms with Crippen LogP contribution in [-0.4, -0.2) is 19.3 Å². The predicted molar refractivity (Wildman–Crippen MR) is 66.3 cm³/mol. The maximum atomic E-state index is 5.87. The Morgan fingerprint density at radius 1 is 1.44 bits per heavy atom. The first-order chi connectivity index (χ1) is 7.70. The molecule has 1 fully saturated rings. The molecular weight excluding hydrogens is 200 g/mol. The average molecular weight is 220 g/mol. The van der Waals surface area contributed by atoms with Crippen molar-refractivity contribution in [2.45, 2.75) is 38.5 Å². The van der Waals surface area contributed by atoms with Crippen LogP contribution in [-0.2, 0) is 11.3 Å². The van der Waals surface area contributed by atoms with Crippen molar-refractivity contribution in [2.24, 2.45) is 0 Å². The molecule has 0 aromatic heterocycles. The third-order valence-electron chi connectivity index (χ3n) is 3.50. The normalized spacial score (nSPS) is 24.1. The molecule has 0 aliphatic heterocycles. The fourth-order valence-corrected chi connectivity index (χ4v) is 2.07. The van der Waals surface area contributed by atoms with Crippen molar-refractivity contribution < 1.29 is 4.74 Å².